The summed E-state index contributed by atoms with van der Waals surface area (Å²) >= 11 is 0. The monoisotopic (exact) mass is 324 g/mol. The average Bonchev–Trinajstić information content (AvgIpc) is 2.76. The lowest BCUT2D eigenvalue weighted by molar-refractivity contribution is -0.117. The van der Waals surface area contributed by atoms with Crippen LogP contribution < -0.4 is 4.90 Å². The number of hydrogen-bond acceptors (Lipinski definition) is 4. The highest BCUT2D eigenvalue weighted by Gasteiger charge is 2.33. The Morgan fingerprint density at radius 3 is 2.90 bits per heavy atom. The van der Waals surface area contributed by atoms with Gasteiger partial charge in [-0.05, 0) is 24.3 Å². The molecule has 1 saturated heterocycles. The number of benzene rings is 1. The van der Waals surface area contributed by atoms with E-state index >= 15 is 0 Å². The number of rotatable bonds is 3. The van der Waals surface area contributed by atoms with Crippen LogP contribution in [0.4, 0.5) is 5.69 Å². The first kappa shape index (κ1) is 14.3. The fraction of sp³-hybridized carbons (Fsp3) is 0.286. The van der Waals surface area contributed by atoms with Gasteiger partial charge in [-0.15, -0.1) is 0 Å². The minimum absolute atomic E-state index is 0.0800. The molecular weight excluding hydrogens is 312 g/mol. The van der Waals surface area contributed by atoms with Crippen LogP contribution in [0.2, 0.25) is 0 Å². The molecule has 110 valence electrons. The van der Waals surface area contributed by atoms with Gasteiger partial charge in [0.05, 0.1) is 11.3 Å². The summed E-state index contributed by atoms with van der Waals surface area (Å²) in [6.45, 7) is 0.372. The zero-order valence-electron chi connectivity index (χ0n) is 11.1. The van der Waals surface area contributed by atoms with E-state index in [1.54, 1.807) is 11.1 Å². The Hall–Kier alpha value is -1.66. The summed E-state index contributed by atoms with van der Waals surface area (Å²) in [6, 6.07) is 9.32. The molecule has 0 saturated carbocycles. The first-order valence-electron chi connectivity index (χ1n) is 6.50. The van der Waals surface area contributed by atoms with Gasteiger partial charge in [-0.1, -0.05) is 6.07 Å². The van der Waals surface area contributed by atoms with E-state index < -0.39 is 9.05 Å². The highest BCUT2D eigenvalue weighted by Crippen LogP contribution is 2.28. The Kier molecular flexibility index (Phi) is 3.59. The molecule has 2 aromatic rings. The van der Waals surface area contributed by atoms with Gasteiger partial charge in [0, 0.05) is 46.8 Å². The van der Waals surface area contributed by atoms with Gasteiger partial charge in [-0.3, -0.25) is 9.78 Å². The van der Waals surface area contributed by atoms with Crippen molar-refractivity contribution in [2.75, 3.05) is 17.2 Å². The van der Waals surface area contributed by atoms with E-state index in [1.807, 2.05) is 30.3 Å². The lowest BCUT2D eigenvalue weighted by Gasteiger charge is -2.17. The minimum atomic E-state index is -3.59. The number of halogens is 1. The SMILES string of the molecule is O=C1CC(CS(=O)(=O)Cl)CN1c1ccc2ncccc2c1. The van der Waals surface area contributed by atoms with Crippen LogP contribution in [0, 0.1) is 5.92 Å². The lowest BCUT2D eigenvalue weighted by atomic mass is 10.1. The van der Waals surface area contributed by atoms with Gasteiger partial charge >= 0.3 is 0 Å². The van der Waals surface area contributed by atoms with Gasteiger partial charge < -0.3 is 4.90 Å². The smallest absolute Gasteiger partial charge is 0.232 e. The molecule has 21 heavy (non-hydrogen) atoms. The number of carbonyl (C=O) groups is 1. The zero-order valence-corrected chi connectivity index (χ0v) is 12.6. The molecule has 1 amide bonds. The first-order valence-corrected chi connectivity index (χ1v) is 8.98. The number of fused-ring (bicyclic) bond motifs is 1. The largest absolute Gasteiger partial charge is 0.312 e. The Morgan fingerprint density at radius 2 is 2.14 bits per heavy atom. The highest BCUT2D eigenvalue weighted by atomic mass is 35.7. The molecule has 1 aliphatic rings. The van der Waals surface area contributed by atoms with Gasteiger partial charge in [0.2, 0.25) is 15.0 Å². The van der Waals surface area contributed by atoms with Crippen LogP contribution in [-0.2, 0) is 13.8 Å². The number of anilines is 1. The van der Waals surface area contributed by atoms with Gasteiger partial charge in [0.1, 0.15) is 0 Å². The fourth-order valence-electron chi connectivity index (χ4n) is 2.66. The molecule has 0 bridgehead atoms. The standard InChI is InChI=1S/C14H13ClN2O3S/c15-21(19,20)9-10-6-14(18)17(8-10)12-3-4-13-11(7-12)2-1-5-16-13/h1-5,7,10H,6,8-9H2. The third-order valence-electron chi connectivity index (χ3n) is 3.54. The number of aromatic nitrogens is 1. The van der Waals surface area contributed by atoms with E-state index in [0.29, 0.717) is 6.54 Å². The molecule has 1 aromatic heterocycles. The molecule has 0 N–H and O–H groups in total. The van der Waals surface area contributed by atoms with Gasteiger partial charge in [0.15, 0.2) is 0 Å². The summed E-state index contributed by atoms with van der Waals surface area (Å²) < 4.78 is 22.3. The van der Waals surface area contributed by atoms with Crippen molar-refractivity contribution in [1.82, 2.24) is 4.98 Å². The van der Waals surface area contributed by atoms with Crippen LogP contribution in [0.25, 0.3) is 10.9 Å². The number of nitrogens with zero attached hydrogens (tertiary/aromatic N) is 2. The van der Waals surface area contributed by atoms with Gasteiger partial charge in [-0.25, -0.2) is 8.42 Å². The summed E-state index contributed by atoms with van der Waals surface area (Å²) in [7, 11) is 1.68. The number of amides is 1. The molecule has 0 spiro atoms. The second-order valence-electron chi connectivity index (χ2n) is 5.16. The molecule has 1 aromatic carbocycles. The topological polar surface area (TPSA) is 67.3 Å². The third-order valence-corrected chi connectivity index (χ3v) is 4.79. The van der Waals surface area contributed by atoms with Crippen molar-refractivity contribution in [2.24, 2.45) is 5.92 Å². The molecule has 0 aliphatic carbocycles. The second kappa shape index (κ2) is 5.27. The summed E-state index contributed by atoms with van der Waals surface area (Å²) in [5.41, 5.74) is 1.61. The molecule has 5 nitrogen and oxygen atoms in total. The van der Waals surface area contributed by atoms with Crippen molar-refractivity contribution < 1.29 is 13.2 Å². The van der Waals surface area contributed by atoms with Crippen LogP contribution in [0.5, 0.6) is 0 Å². The fourth-order valence-corrected chi connectivity index (χ4v) is 3.98. The average molecular weight is 325 g/mol. The predicted octanol–water partition coefficient (Wildman–Crippen LogP) is 2.16. The third kappa shape index (κ3) is 3.16. The van der Waals surface area contributed by atoms with Crippen LogP contribution >= 0.6 is 10.7 Å². The maximum Gasteiger partial charge on any atom is 0.232 e. The molecule has 7 heteroatoms. The van der Waals surface area contributed by atoms with Crippen molar-refractivity contribution in [3.8, 4) is 0 Å². The van der Waals surface area contributed by atoms with Crippen molar-refractivity contribution >= 4 is 42.2 Å². The van der Waals surface area contributed by atoms with Crippen molar-refractivity contribution in [3.63, 3.8) is 0 Å². The van der Waals surface area contributed by atoms with Crippen molar-refractivity contribution in [1.29, 1.82) is 0 Å². The number of carbonyl (C=O) groups excluding carboxylic acids is 1. The van der Waals surface area contributed by atoms with E-state index in [9.17, 15) is 13.2 Å². The Bertz CT molecular complexity index is 807. The molecular formula is C14H13ClN2O3S. The van der Waals surface area contributed by atoms with Crippen LogP contribution in [0.3, 0.4) is 0 Å². The van der Waals surface area contributed by atoms with Crippen molar-refractivity contribution in [2.45, 2.75) is 6.42 Å². The van der Waals surface area contributed by atoms with Crippen molar-refractivity contribution in [3.05, 3.63) is 36.5 Å². The lowest BCUT2D eigenvalue weighted by Crippen LogP contribution is -2.25. The maximum absolute atomic E-state index is 12.1. The Morgan fingerprint density at radius 1 is 1.33 bits per heavy atom. The van der Waals surface area contributed by atoms with Crippen LogP contribution in [0.15, 0.2) is 36.5 Å². The quantitative estimate of drug-likeness (QED) is 0.811. The van der Waals surface area contributed by atoms with E-state index in [1.165, 1.54) is 0 Å². The minimum Gasteiger partial charge on any atom is -0.312 e. The molecule has 2 heterocycles. The van der Waals surface area contributed by atoms with Gasteiger partial charge in [0.25, 0.3) is 0 Å². The van der Waals surface area contributed by atoms with Crippen LogP contribution in [-0.4, -0.2) is 31.6 Å². The number of pyridine rings is 1. The first-order chi connectivity index (χ1) is 9.92. The zero-order chi connectivity index (χ0) is 15.0. The summed E-state index contributed by atoms with van der Waals surface area (Å²) in [4.78, 5) is 17.9. The highest BCUT2D eigenvalue weighted by molar-refractivity contribution is 8.13. The normalized spacial score (nSPS) is 19.4. The molecule has 1 atom stereocenters. The van der Waals surface area contributed by atoms with Crippen LogP contribution in [0.1, 0.15) is 6.42 Å². The van der Waals surface area contributed by atoms with E-state index in [4.69, 9.17) is 10.7 Å². The maximum atomic E-state index is 12.1. The Balaban J connectivity index is 1.87. The Labute approximate surface area is 127 Å². The summed E-state index contributed by atoms with van der Waals surface area (Å²) in [5.74, 6) is -0.514. The molecule has 1 fully saturated rings. The summed E-state index contributed by atoms with van der Waals surface area (Å²) in [6.07, 6.45) is 1.92. The molecule has 0 radical (unpaired) electrons. The molecule has 1 unspecified atom stereocenters. The molecule has 3 rings (SSSR count). The van der Waals surface area contributed by atoms with E-state index in [0.717, 1.165) is 16.6 Å². The van der Waals surface area contributed by atoms with E-state index in [-0.39, 0.29) is 24.0 Å². The number of hydrogen-bond donors (Lipinski definition) is 0. The van der Waals surface area contributed by atoms with Gasteiger partial charge in [-0.2, -0.15) is 0 Å². The summed E-state index contributed by atoms with van der Waals surface area (Å²) in [5, 5.41) is 0.941. The van der Waals surface area contributed by atoms with E-state index in [2.05, 4.69) is 4.98 Å². The second-order valence-corrected chi connectivity index (χ2v) is 7.98. The predicted molar refractivity (Wildman–Crippen MR) is 81.8 cm³/mol. The molecule has 1 aliphatic heterocycles.